The lowest BCUT2D eigenvalue weighted by molar-refractivity contribution is -0.141. The molecule has 0 spiro atoms. The van der Waals surface area contributed by atoms with Crippen molar-refractivity contribution in [1.82, 2.24) is 85.7 Å². The molecule has 1 saturated carbocycles. The largest absolute Gasteiger partial charge is 0.405 e. The van der Waals surface area contributed by atoms with Crippen LogP contribution in [0.2, 0.25) is 15.1 Å². The Bertz CT molecular complexity index is 3810. The van der Waals surface area contributed by atoms with E-state index in [1.165, 1.54) is 44.4 Å². The number of anilines is 3. The predicted molar refractivity (Wildman–Crippen MR) is 323 cm³/mol. The second-order valence-corrected chi connectivity index (χ2v) is 21.5. The van der Waals surface area contributed by atoms with Crippen molar-refractivity contribution in [3.05, 3.63) is 95.4 Å². The standard InChI is InChI=1S/C19H20ClF3N6O.C18H17ClF3N7O.C16H15ClF3N7O.7H2/c1-10(2)18(3,17(30)27-9-19(21,22)23)29-14-4-5-24-16(28-14)13-8-26-15-12(13)6-11(20)7-25-15;19-10-5-11-12(7-24-13(11)23-6-10)14-26-9-27-16(28-14)29-17(3-1-2-4-17)15(30)25-8-18(20,21)22;1-2-11(14(28)23-6-16(18,19)20)26-15-25-7-24-13(27-15)10-5-22-12-9(10)3-8(17)4-21-12;;;;;;;/h4-8,10H,9H2,1-3H3,(H,25,26)(H,27,30)(H,24,28,29);5-7,9H,1-4,8H2,(H,23,24)(H,25,30)(H,26,27,28,29);3-5,7,11H,2,6H2,1H3,(H,21,22)(H,23,28)(H,24,25,26,27);7*1H/t18-;;11-;;;;;;;/m1.1......./s1. The molecule has 10 rings (SSSR count). The average Bonchev–Trinajstić information content (AvgIpc) is 1.03. The molecule has 0 aromatic carbocycles. The van der Waals surface area contributed by atoms with E-state index in [4.69, 9.17) is 34.8 Å². The van der Waals surface area contributed by atoms with Crippen LogP contribution in [0, 0.1) is 5.92 Å². The quantitative estimate of drug-likeness (QED) is 0.0383. The van der Waals surface area contributed by atoms with Crippen LogP contribution < -0.4 is 31.9 Å². The first-order valence-corrected chi connectivity index (χ1v) is 27.6. The zero-order valence-electron chi connectivity index (χ0n) is 46.5. The third-order valence-corrected chi connectivity index (χ3v) is 14.3. The molecule has 88 heavy (non-hydrogen) atoms. The minimum absolute atomic E-state index is 0. The van der Waals surface area contributed by atoms with Crippen LogP contribution in [-0.2, 0) is 14.4 Å². The van der Waals surface area contributed by atoms with Crippen LogP contribution in [0.4, 0.5) is 57.2 Å². The van der Waals surface area contributed by atoms with Gasteiger partial charge in [-0.05, 0) is 56.4 Å². The Labute approximate surface area is 517 Å². The summed E-state index contributed by atoms with van der Waals surface area (Å²) in [5, 5.41) is 17.9. The normalized spacial score (nSPS) is 14.3. The van der Waals surface area contributed by atoms with E-state index in [0.29, 0.717) is 114 Å². The fraction of sp³-hybridized carbons (Fsp3) is 0.358. The zero-order valence-corrected chi connectivity index (χ0v) is 48.8. The maximum Gasteiger partial charge on any atom is 0.405 e. The molecule has 0 radical (unpaired) electrons. The van der Waals surface area contributed by atoms with Crippen LogP contribution in [0.15, 0.2) is 80.3 Å². The summed E-state index contributed by atoms with van der Waals surface area (Å²) in [5.41, 5.74) is 1.16. The Morgan fingerprint density at radius 3 is 1.52 bits per heavy atom. The number of aromatic amines is 3. The van der Waals surface area contributed by atoms with Crippen molar-refractivity contribution in [1.29, 1.82) is 0 Å². The number of halogens is 12. The van der Waals surface area contributed by atoms with Crippen molar-refractivity contribution in [2.45, 2.75) is 95.4 Å². The van der Waals surface area contributed by atoms with E-state index in [2.05, 4.69) is 85.7 Å². The number of hydrogen-bond donors (Lipinski definition) is 9. The molecule has 0 unspecified atom stereocenters. The summed E-state index contributed by atoms with van der Waals surface area (Å²) in [5.74, 6) is -1.23. The van der Waals surface area contributed by atoms with Crippen LogP contribution in [0.3, 0.4) is 0 Å². The van der Waals surface area contributed by atoms with Crippen LogP contribution in [0.25, 0.3) is 67.3 Å². The van der Waals surface area contributed by atoms with Gasteiger partial charge in [0.25, 0.3) is 0 Å². The molecule has 23 nitrogen and oxygen atoms in total. The van der Waals surface area contributed by atoms with E-state index in [9.17, 15) is 53.9 Å². The second-order valence-electron chi connectivity index (χ2n) is 20.2. The van der Waals surface area contributed by atoms with Gasteiger partial charge in [-0.15, -0.1) is 0 Å². The lowest BCUT2D eigenvalue weighted by Crippen LogP contribution is -2.55. The molecule has 35 heteroatoms. The maximum atomic E-state index is 12.6. The molecule has 1 aliphatic carbocycles. The number of alkyl halides is 9. The van der Waals surface area contributed by atoms with Gasteiger partial charge in [0, 0.05) is 86.2 Å². The smallest absolute Gasteiger partial charge is 0.356 e. The molecular weight excluding hydrogens is 1240 g/mol. The predicted octanol–water partition coefficient (Wildman–Crippen LogP) is 12.3. The van der Waals surface area contributed by atoms with E-state index in [1.807, 2.05) is 16.0 Å². The summed E-state index contributed by atoms with van der Waals surface area (Å²) in [7, 11) is 0. The van der Waals surface area contributed by atoms with Gasteiger partial charge in [0.1, 0.15) is 72.2 Å². The van der Waals surface area contributed by atoms with Gasteiger partial charge in [0.15, 0.2) is 17.5 Å². The van der Waals surface area contributed by atoms with E-state index in [-0.39, 0.29) is 34.2 Å². The van der Waals surface area contributed by atoms with Crippen molar-refractivity contribution in [3.63, 3.8) is 0 Å². The van der Waals surface area contributed by atoms with Crippen LogP contribution in [-0.4, -0.2) is 143 Å². The average molecular weight is 1310 g/mol. The summed E-state index contributed by atoms with van der Waals surface area (Å²) in [6.45, 7) is 2.44. The summed E-state index contributed by atoms with van der Waals surface area (Å²) >= 11 is 18.0. The molecule has 9 heterocycles. The Morgan fingerprint density at radius 1 is 0.614 bits per heavy atom. The highest BCUT2D eigenvalue weighted by molar-refractivity contribution is 6.32. The fourth-order valence-electron chi connectivity index (χ4n) is 8.89. The molecule has 0 aliphatic heterocycles. The molecule has 3 amide bonds. The van der Waals surface area contributed by atoms with Gasteiger partial charge >= 0.3 is 18.5 Å². The number of carbonyl (C=O) groups excluding carboxylic acids is 3. The molecule has 480 valence electrons. The van der Waals surface area contributed by atoms with E-state index in [0.717, 1.165) is 0 Å². The van der Waals surface area contributed by atoms with Crippen molar-refractivity contribution >= 4 is 103 Å². The lowest BCUT2D eigenvalue weighted by Gasteiger charge is -2.34. The molecule has 1 aliphatic rings. The molecule has 9 N–H and O–H groups in total. The van der Waals surface area contributed by atoms with Gasteiger partial charge in [-0.25, -0.2) is 44.9 Å². The first-order valence-electron chi connectivity index (χ1n) is 26.5. The lowest BCUT2D eigenvalue weighted by atomic mass is 9.87. The molecule has 9 aromatic rings. The molecule has 9 aromatic heterocycles. The van der Waals surface area contributed by atoms with Gasteiger partial charge < -0.3 is 46.9 Å². The van der Waals surface area contributed by atoms with Crippen LogP contribution in [0.5, 0.6) is 0 Å². The number of amides is 3. The molecule has 1 fully saturated rings. The van der Waals surface area contributed by atoms with Gasteiger partial charge in [-0.1, -0.05) is 68.4 Å². The molecular formula is C53H66Cl3F9N20O3. The van der Waals surface area contributed by atoms with E-state index < -0.39 is 73.0 Å². The van der Waals surface area contributed by atoms with Crippen LogP contribution in [0.1, 0.15) is 69.8 Å². The first-order chi connectivity index (χ1) is 41.5. The van der Waals surface area contributed by atoms with Crippen molar-refractivity contribution in [2.75, 3.05) is 35.6 Å². The monoisotopic (exact) mass is 1310 g/mol. The van der Waals surface area contributed by atoms with Gasteiger partial charge in [-0.2, -0.15) is 49.5 Å². The van der Waals surface area contributed by atoms with Crippen LogP contribution >= 0.6 is 34.8 Å². The Hall–Kier alpha value is -8.78. The summed E-state index contributed by atoms with van der Waals surface area (Å²) in [6.07, 6.45) is 2.47. The van der Waals surface area contributed by atoms with Gasteiger partial charge in [-0.3, -0.25) is 14.4 Å². The summed E-state index contributed by atoms with van der Waals surface area (Å²) in [4.78, 5) is 92.2. The zero-order chi connectivity index (χ0) is 63.8. The second kappa shape index (κ2) is 27.1. The third-order valence-electron chi connectivity index (χ3n) is 13.7. The number of carbonyl (C=O) groups is 3. The SMILES string of the molecule is CC(C)[C@@](C)(Nc1ccnc(-c2c[nH]c3ncc(Cl)cc23)n1)C(=O)NCC(F)(F)F.CC[C@@H](Nc1ncnc(-c2c[nH]c3ncc(Cl)cc23)n1)C(=O)NCC(F)(F)F.O=C(NCC(F)(F)F)C1(Nc2ncnc(-c3c[nH]c4ncc(Cl)cc34)n2)CCCC1.[HH].[HH].[HH].[HH].[HH].[HH].[HH]. The van der Waals surface area contributed by atoms with Gasteiger partial charge in [0.05, 0.1) is 15.1 Å². The third kappa shape index (κ3) is 16.6. The first kappa shape index (κ1) is 65.2. The highest BCUT2D eigenvalue weighted by Gasteiger charge is 2.44. The topological polar surface area (TPSA) is 313 Å². The van der Waals surface area contributed by atoms with Crippen molar-refractivity contribution in [2.24, 2.45) is 5.92 Å². The van der Waals surface area contributed by atoms with Crippen molar-refractivity contribution < 1.29 is 63.9 Å². The number of pyridine rings is 3. The number of nitrogens with one attached hydrogen (secondary N) is 9. The molecule has 0 bridgehead atoms. The number of aromatic nitrogens is 14. The highest BCUT2D eigenvalue weighted by Crippen LogP contribution is 2.35. The molecule has 2 atom stereocenters. The highest BCUT2D eigenvalue weighted by atomic mass is 35.5. The van der Waals surface area contributed by atoms with E-state index >= 15 is 0 Å². The van der Waals surface area contributed by atoms with Gasteiger partial charge in [0.2, 0.25) is 29.6 Å². The summed E-state index contributed by atoms with van der Waals surface area (Å²) < 4.78 is 112. The maximum absolute atomic E-state index is 12.6. The Kier molecular flexibility index (Phi) is 20.1. The Morgan fingerprint density at radius 2 is 1.06 bits per heavy atom. The van der Waals surface area contributed by atoms with E-state index in [1.54, 1.807) is 63.6 Å². The number of rotatable bonds is 17. The minimum atomic E-state index is -4.50. The minimum Gasteiger partial charge on any atom is -0.356 e. The number of hydrogen-bond acceptors (Lipinski definition) is 17. The number of H-pyrrole nitrogens is 3. The van der Waals surface area contributed by atoms with Crippen molar-refractivity contribution in [3.8, 4) is 34.2 Å². The summed E-state index contributed by atoms with van der Waals surface area (Å²) in [6, 6.07) is 5.75. The Balaban J connectivity index is 0.000000688. The number of fused-ring (bicyclic) bond motifs is 3. The molecule has 0 saturated heterocycles. The number of nitrogens with zero attached hydrogens (tertiary/aromatic N) is 11. The fourth-order valence-corrected chi connectivity index (χ4v) is 9.37.